The van der Waals surface area contributed by atoms with Crippen molar-refractivity contribution in [3.05, 3.63) is 39.7 Å². The van der Waals surface area contributed by atoms with Gasteiger partial charge in [0.2, 0.25) is 0 Å². The molecule has 1 aromatic carbocycles. The third-order valence-electron chi connectivity index (χ3n) is 2.33. The zero-order valence-electron chi connectivity index (χ0n) is 8.67. The quantitative estimate of drug-likeness (QED) is 0.737. The number of hydrogen-bond donors (Lipinski definition) is 1. The van der Waals surface area contributed by atoms with Gasteiger partial charge in [-0.25, -0.2) is 0 Å². The molecule has 0 fully saturated rings. The number of hydrogen-bond acceptors (Lipinski definition) is 2. The first-order valence-electron chi connectivity index (χ1n) is 4.70. The summed E-state index contributed by atoms with van der Waals surface area (Å²) in [4.78, 5) is 1.14. The average molecular weight is 238 g/mol. The minimum atomic E-state index is 0.804. The van der Waals surface area contributed by atoms with Crippen LogP contribution < -0.4 is 5.73 Å². The number of rotatable bonds is 1. The zero-order chi connectivity index (χ0) is 11.0. The third kappa shape index (κ3) is 2.01. The van der Waals surface area contributed by atoms with Gasteiger partial charge in [0.1, 0.15) is 0 Å². The van der Waals surface area contributed by atoms with Crippen LogP contribution >= 0.6 is 22.9 Å². The zero-order valence-corrected chi connectivity index (χ0v) is 10.2. The normalized spacial score (nSPS) is 10.6. The lowest BCUT2D eigenvalue weighted by Gasteiger charge is -2.03. The van der Waals surface area contributed by atoms with Gasteiger partial charge in [0, 0.05) is 16.1 Å². The van der Waals surface area contributed by atoms with E-state index in [0.29, 0.717) is 0 Å². The number of thiophene rings is 1. The molecule has 2 rings (SSSR count). The molecule has 0 unspecified atom stereocenters. The first-order chi connectivity index (χ1) is 7.08. The van der Waals surface area contributed by atoms with Crippen molar-refractivity contribution in [2.75, 3.05) is 5.73 Å². The Morgan fingerprint density at radius 1 is 1.20 bits per heavy atom. The van der Waals surface area contributed by atoms with E-state index in [9.17, 15) is 0 Å². The Bertz CT molecular complexity index is 483. The predicted molar refractivity (Wildman–Crippen MR) is 68.7 cm³/mol. The smallest absolute Gasteiger partial charge is 0.0964 e. The van der Waals surface area contributed by atoms with E-state index < -0.39 is 0 Å². The Hall–Kier alpha value is -0.990. The van der Waals surface area contributed by atoms with Crippen LogP contribution in [0.4, 0.5) is 5.69 Å². The predicted octanol–water partition coefficient (Wildman–Crippen LogP) is 4.27. The fraction of sp³-hybridized carbons (Fsp3) is 0.167. The number of halogens is 1. The molecule has 0 saturated carbocycles. The van der Waals surface area contributed by atoms with Crippen LogP contribution in [0.3, 0.4) is 0 Å². The maximum atomic E-state index is 6.05. The van der Waals surface area contributed by atoms with E-state index in [1.165, 1.54) is 5.56 Å². The molecule has 0 aliphatic carbocycles. The summed E-state index contributed by atoms with van der Waals surface area (Å²) in [5, 5.41) is 0. The van der Waals surface area contributed by atoms with Gasteiger partial charge in [0.25, 0.3) is 0 Å². The first-order valence-corrected chi connectivity index (χ1v) is 5.90. The summed E-state index contributed by atoms with van der Waals surface area (Å²) in [6.07, 6.45) is 0. The fourth-order valence-corrected chi connectivity index (χ4v) is 2.72. The lowest BCUT2D eigenvalue weighted by atomic mass is 10.1. The highest BCUT2D eigenvalue weighted by Gasteiger charge is 2.08. The molecule has 0 amide bonds. The minimum absolute atomic E-state index is 0.804. The SMILES string of the molecule is Cc1ccc(N)c(-c2cc(C)c(Cl)s2)c1. The molecule has 0 aliphatic rings. The molecule has 1 heterocycles. The van der Waals surface area contributed by atoms with E-state index in [0.717, 1.165) is 26.0 Å². The van der Waals surface area contributed by atoms with Crippen LogP contribution in [0.15, 0.2) is 24.3 Å². The van der Waals surface area contributed by atoms with Crippen molar-refractivity contribution < 1.29 is 0 Å². The molecule has 1 nitrogen and oxygen atoms in total. The highest BCUT2D eigenvalue weighted by molar-refractivity contribution is 7.19. The topological polar surface area (TPSA) is 26.0 Å². The van der Waals surface area contributed by atoms with Gasteiger partial charge < -0.3 is 5.73 Å². The van der Waals surface area contributed by atoms with Gasteiger partial charge in [0.05, 0.1) is 4.34 Å². The van der Waals surface area contributed by atoms with Gasteiger partial charge in [-0.1, -0.05) is 23.2 Å². The van der Waals surface area contributed by atoms with Crippen molar-refractivity contribution in [3.63, 3.8) is 0 Å². The van der Waals surface area contributed by atoms with E-state index >= 15 is 0 Å². The second-order valence-electron chi connectivity index (χ2n) is 3.66. The first kappa shape index (κ1) is 10.5. The molecule has 0 atom stereocenters. The van der Waals surface area contributed by atoms with E-state index in [2.05, 4.69) is 19.1 Å². The van der Waals surface area contributed by atoms with Crippen LogP contribution in [0.1, 0.15) is 11.1 Å². The second-order valence-corrected chi connectivity index (χ2v) is 5.31. The molecule has 0 bridgehead atoms. The average Bonchev–Trinajstić information content (AvgIpc) is 2.51. The molecular formula is C12H12ClNS. The van der Waals surface area contributed by atoms with Crippen LogP contribution in [0, 0.1) is 13.8 Å². The number of benzene rings is 1. The highest BCUT2D eigenvalue weighted by atomic mass is 35.5. The lowest BCUT2D eigenvalue weighted by molar-refractivity contribution is 1.47. The van der Waals surface area contributed by atoms with Crippen molar-refractivity contribution in [3.8, 4) is 10.4 Å². The second kappa shape index (κ2) is 3.87. The Kier molecular flexibility index (Phi) is 2.72. The fourth-order valence-electron chi connectivity index (χ4n) is 1.48. The van der Waals surface area contributed by atoms with Crippen LogP contribution in [0.5, 0.6) is 0 Å². The molecule has 0 aliphatic heterocycles. The van der Waals surface area contributed by atoms with E-state index in [1.807, 2.05) is 19.1 Å². The molecule has 15 heavy (non-hydrogen) atoms. The van der Waals surface area contributed by atoms with Crippen molar-refractivity contribution in [2.45, 2.75) is 13.8 Å². The molecule has 1 aromatic heterocycles. The van der Waals surface area contributed by atoms with Crippen molar-refractivity contribution in [2.24, 2.45) is 0 Å². The molecule has 2 aromatic rings. The molecule has 2 N–H and O–H groups in total. The molecule has 0 spiro atoms. The van der Waals surface area contributed by atoms with Crippen LogP contribution in [0.2, 0.25) is 4.34 Å². The van der Waals surface area contributed by atoms with Crippen molar-refractivity contribution >= 4 is 28.6 Å². The largest absolute Gasteiger partial charge is 0.398 e. The Balaban J connectivity index is 2.58. The Morgan fingerprint density at radius 3 is 2.53 bits per heavy atom. The van der Waals surface area contributed by atoms with Gasteiger partial charge in [-0.3, -0.25) is 0 Å². The van der Waals surface area contributed by atoms with Gasteiger partial charge in [-0.15, -0.1) is 11.3 Å². The minimum Gasteiger partial charge on any atom is -0.398 e. The Morgan fingerprint density at radius 2 is 1.93 bits per heavy atom. The lowest BCUT2D eigenvalue weighted by Crippen LogP contribution is -1.88. The summed E-state index contributed by atoms with van der Waals surface area (Å²) in [7, 11) is 0. The summed E-state index contributed by atoms with van der Waals surface area (Å²) in [5.74, 6) is 0. The summed E-state index contributed by atoms with van der Waals surface area (Å²) in [5.41, 5.74) is 10.1. The number of anilines is 1. The molecule has 78 valence electrons. The monoisotopic (exact) mass is 237 g/mol. The van der Waals surface area contributed by atoms with E-state index in [-0.39, 0.29) is 0 Å². The summed E-state index contributed by atoms with van der Waals surface area (Å²) in [6, 6.07) is 8.13. The van der Waals surface area contributed by atoms with Gasteiger partial charge in [-0.05, 0) is 37.6 Å². The van der Waals surface area contributed by atoms with E-state index in [4.69, 9.17) is 17.3 Å². The van der Waals surface area contributed by atoms with Gasteiger partial charge in [0.15, 0.2) is 0 Å². The Labute approximate surface area is 98.5 Å². The van der Waals surface area contributed by atoms with Crippen molar-refractivity contribution in [1.82, 2.24) is 0 Å². The molecule has 0 radical (unpaired) electrons. The van der Waals surface area contributed by atoms with E-state index in [1.54, 1.807) is 11.3 Å². The molecule has 0 saturated heterocycles. The van der Waals surface area contributed by atoms with Gasteiger partial charge in [-0.2, -0.15) is 0 Å². The highest BCUT2D eigenvalue weighted by Crippen LogP contribution is 2.37. The standard InChI is InChI=1S/C12H12ClNS/c1-7-3-4-10(14)9(5-7)11-6-8(2)12(13)15-11/h3-6H,14H2,1-2H3. The summed E-state index contributed by atoms with van der Waals surface area (Å²) >= 11 is 7.62. The van der Waals surface area contributed by atoms with Crippen LogP contribution in [-0.2, 0) is 0 Å². The number of nitrogens with two attached hydrogens (primary N) is 1. The maximum Gasteiger partial charge on any atom is 0.0964 e. The number of aryl methyl sites for hydroxylation is 2. The van der Waals surface area contributed by atoms with Crippen LogP contribution in [0.25, 0.3) is 10.4 Å². The van der Waals surface area contributed by atoms with Crippen LogP contribution in [-0.4, -0.2) is 0 Å². The summed E-state index contributed by atoms with van der Waals surface area (Å²) < 4.78 is 0.839. The van der Waals surface area contributed by atoms with Crippen molar-refractivity contribution in [1.29, 1.82) is 0 Å². The third-order valence-corrected chi connectivity index (χ3v) is 3.92. The maximum absolute atomic E-state index is 6.05. The molecular weight excluding hydrogens is 226 g/mol. The van der Waals surface area contributed by atoms with Gasteiger partial charge >= 0.3 is 0 Å². The number of nitrogen functional groups attached to an aromatic ring is 1. The molecule has 3 heteroatoms. The summed E-state index contributed by atoms with van der Waals surface area (Å²) in [6.45, 7) is 4.07.